The Kier molecular flexibility index (Phi) is 4.75. The first-order valence-corrected chi connectivity index (χ1v) is 7.57. The highest BCUT2D eigenvalue weighted by Gasteiger charge is 2.36. The molecule has 1 aromatic rings. The van der Waals surface area contributed by atoms with Crippen LogP contribution in [0.3, 0.4) is 0 Å². The van der Waals surface area contributed by atoms with E-state index in [2.05, 4.69) is 19.2 Å². The predicted molar refractivity (Wildman–Crippen MR) is 81.7 cm³/mol. The van der Waals surface area contributed by atoms with Gasteiger partial charge in [0.15, 0.2) is 0 Å². The zero-order valence-electron chi connectivity index (χ0n) is 11.8. The molecule has 2 rings (SSSR count). The molecule has 0 radical (unpaired) electrons. The molecular weight excluding hydrogens is 258 g/mol. The lowest BCUT2D eigenvalue weighted by Crippen LogP contribution is -2.47. The molecule has 106 valence electrons. The molecule has 1 fully saturated rings. The Labute approximate surface area is 121 Å². The number of nitrogens with one attached hydrogen (secondary N) is 1. The van der Waals surface area contributed by atoms with E-state index in [-0.39, 0.29) is 12.1 Å². The van der Waals surface area contributed by atoms with Crippen molar-refractivity contribution in [3.05, 3.63) is 29.3 Å². The first-order valence-electron chi connectivity index (χ1n) is 7.19. The second-order valence-electron chi connectivity index (χ2n) is 6.17. The highest BCUT2D eigenvalue weighted by molar-refractivity contribution is 6.30. The number of rotatable bonds is 4. The normalized spacial score (nSPS) is 27.5. The Balaban J connectivity index is 2.11. The number of hydrogen-bond donors (Lipinski definition) is 2. The molecule has 1 aliphatic carbocycles. The molecule has 2 atom stereocenters. The van der Waals surface area contributed by atoms with E-state index in [4.69, 9.17) is 11.6 Å². The van der Waals surface area contributed by atoms with E-state index in [1.54, 1.807) is 0 Å². The van der Waals surface area contributed by atoms with Gasteiger partial charge in [-0.3, -0.25) is 0 Å². The van der Waals surface area contributed by atoms with Crippen molar-refractivity contribution >= 4 is 17.3 Å². The van der Waals surface area contributed by atoms with Crippen molar-refractivity contribution < 1.29 is 5.11 Å². The van der Waals surface area contributed by atoms with E-state index in [0.717, 1.165) is 23.6 Å². The highest BCUT2D eigenvalue weighted by atomic mass is 35.5. The van der Waals surface area contributed by atoms with Crippen molar-refractivity contribution in [2.75, 3.05) is 11.9 Å². The summed E-state index contributed by atoms with van der Waals surface area (Å²) in [5.41, 5.74) is 0.879. The van der Waals surface area contributed by atoms with Gasteiger partial charge in [0.25, 0.3) is 0 Å². The van der Waals surface area contributed by atoms with Crippen molar-refractivity contribution in [1.82, 2.24) is 0 Å². The molecule has 0 spiro atoms. The summed E-state index contributed by atoms with van der Waals surface area (Å²) >= 11 is 5.91. The maximum atomic E-state index is 9.87. The van der Waals surface area contributed by atoms with Gasteiger partial charge in [-0.1, -0.05) is 38.3 Å². The maximum Gasteiger partial charge on any atom is 0.0661 e. The molecule has 1 aromatic carbocycles. The van der Waals surface area contributed by atoms with Crippen LogP contribution >= 0.6 is 11.6 Å². The lowest BCUT2D eigenvalue weighted by atomic mass is 9.72. The van der Waals surface area contributed by atoms with Crippen LogP contribution in [0.4, 0.5) is 5.69 Å². The number of benzene rings is 1. The Bertz CT molecular complexity index is 404. The molecule has 0 bridgehead atoms. The number of anilines is 1. The van der Waals surface area contributed by atoms with Gasteiger partial charge in [0, 0.05) is 10.7 Å². The minimum Gasteiger partial charge on any atom is -0.394 e. The highest BCUT2D eigenvalue weighted by Crippen LogP contribution is 2.38. The molecular formula is C16H24ClNO. The predicted octanol–water partition coefficient (Wildman–Crippen LogP) is 4.33. The summed E-state index contributed by atoms with van der Waals surface area (Å²) in [5, 5.41) is 14.2. The third-order valence-electron chi connectivity index (χ3n) is 4.38. The molecule has 3 heteroatoms. The van der Waals surface area contributed by atoms with Crippen molar-refractivity contribution in [1.29, 1.82) is 0 Å². The van der Waals surface area contributed by atoms with Gasteiger partial charge in [-0.25, -0.2) is 0 Å². The SMILES string of the molecule is CC(C)C1CCCC(CO)(Nc2ccc(Cl)cc2)C1. The fraction of sp³-hybridized carbons (Fsp3) is 0.625. The fourth-order valence-corrected chi connectivity index (χ4v) is 3.24. The molecule has 19 heavy (non-hydrogen) atoms. The zero-order valence-corrected chi connectivity index (χ0v) is 12.6. The van der Waals surface area contributed by atoms with Gasteiger partial charge in [0.2, 0.25) is 0 Å². The van der Waals surface area contributed by atoms with Crippen molar-refractivity contribution in [3.63, 3.8) is 0 Å². The Morgan fingerprint density at radius 3 is 2.63 bits per heavy atom. The number of hydrogen-bond acceptors (Lipinski definition) is 2. The maximum absolute atomic E-state index is 9.87. The molecule has 1 saturated carbocycles. The number of aliphatic hydroxyl groups excluding tert-OH is 1. The summed E-state index contributed by atoms with van der Waals surface area (Å²) in [4.78, 5) is 0. The Hall–Kier alpha value is -0.730. The molecule has 0 amide bonds. The van der Waals surface area contributed by atoms with E-state index in [9.17, 15) is 5.11 Å². The molecule has 0 aromatic heterocycles. The van der Waals surface area contributed by atoms with E-state index < -0.39 is 0 Å². The third kappa shape index (κ3) is 3.64. The van der Waals surface area contributed by atoms with Crippen molar-refractivity contribution in [2.24, 2.45) is 11.8 Å². The van der Waals surface area contributed by atoms with Gasteiger partial charge < -0.3 is 10.4 Å². The standard InChI is InChI=1S/C16H24ClNO/c1-12(2)13-4-3-9-16(10-13,11-19)18-15-7-5-14(17)6-8-15/h5-8,12-13,18-19H,3-4,9-11H2,1-2H3. The quantitative estimate of drug-likeness (QED) is 0.861. The number of aliphatic hydroxyl groups is 1. The Morgan fingerprint density at radius 2 is 2.05 bits per heavy atom. The average Bonchev–Trinajstić information content (AvgIpc) is 2.42. The molecule has 2 unspecified atom stereocenters. The van der Waals surface area contributed by atoms with E-state index in [1.165, 1.54) is 12.8 Å². The number of halogens is 1. The topological polar surface area (TPSA) is 32.3 Å². The summed E-state index contributed by atoms with van der Waals surface area (Å²) in [6, 6.07) is 7.74. The largest absolute Gasteiger partial charge is 0.394 e. The van der Waals surface area contributed by atoms with Crippen molar-refractivity contribution in [3.8, 4) is 0 Å². The van der Waals surface area contributed by atoms with Crippen LogP contribution in [0, 0.1) is 11.8 Å². The smallest absolute Gasteiger partial charge is 0.0661 e. The second kappa shape index (κ2) is 6.15. The van der Waals surface area contributed by atoms with Crippen LogP contribution in [0.2, 0.25) is 5.02 Å². The van der Waals surface area contributed by atoms with Crippen LogP contribution in [0.5, 0.6) is 0 Å². The summed E-state index contributed by atoms with van der Waals surface area (Å²) in [5.74, 6) is 1.37. The lowest BCUT2D eigenvalue weighted by Gasteiger charge is -2.42. The summed E-state index contributed by atoms with van der Waals surface area (Å²) in [6.45, 7) is 4.75. The van der Waals surface area contributed by atoms with Crippen LogP contribution in [0.1, 0.15) is 39.5 Å². The van der Waals surface area contributed by atoms with Gasteiger partial charge in [-0.2, -0.15) is 0 Å². The van der Waals surface area contributed by atoms with Gasteiger partial charge >= 0.3 is 0 Å². The van der Waals surface area contributed by atoms with Crippen LogP contribution < -0.4 is 5.32 Å². The summed E-state index contributed by atoms with van der Waals surface area (Å²) in [6.07, 6.45) is 4.55. The van der Waals surface area contributed by atoms with Crippen LogP contribution in [-0.2, 0) is 0 Å². The fourth-order valence-electron chi connectivity index (χ4n) is 3.11. The molecule has 0 heterocycles. The van der Waals surface area contributed by atoms with Gasteiger partial charge in [-0.15, -0.1) is 0 Å². The van der Waals surface area contributed by atoms with Crippen LogP contribution in [0.15, 0.2) is 24.3 Å². The summed E-state index contributed by atoms with van der Waals surface area (Å²) in [7, 11) is 0. The van der Waals surface area contributed by atoms with Gasteiger partial charge in [-0.05, 0) is 48.9 Å². The minimum absolute atomic E-state index is 0.166. The zero-order chi connectivity index (χ0) is 13.9. The third-order valence-corrected chi connectivity index (χ3v) is 4.63. The first kappa shape index (κ1) is 14.7. The Morgan fingerprint density at radius 1 is 1.37 bits per heavy atom. The van der Waals surface area contributed by atoms with Crippen LogP contribution in [-0.4, -0.2) is 17.3 Å². The van der Waals surface area contributed by atoms with E-state index in [1.807, 2.05) is 24.3 Å². The van der Waals surface area contributed by atoms with E-state index >= 15 is 0 Å². The molecule has 2 nitrogen and oxygen atoms in total. The van der Waals surface area contributed by atoms with Crippen molar-refractivity contribution in [2.45, 2.75) is 45.1 Å². The van der Waals surface area contributed by atoms with Crippen LogP contribution in [0.25, 0.3) is 0 Å². The monoisotopic (exact) mass is 281 g/mol. The van der Waals surface area contributed by atoms with Gasteiger partial charge in [0.1, 0.15) is 0 Å². The molecule has 0 saturated heterocycles. The molecule has 0 aliphatic heterocycles. The average molecular weight is 282 g/mol. The van der Waals surface area contributed by atoms with Gasteiger partial charge in [0.05, 0.1) is 12.1 Å². The molecule has 2 N–H and O–H groups in total. The second-order valence-corrected chi connectivity index (χ2v) is 6.61. The first-order chi connectivity index (χ1) is 9.04. The molecule has 1 aliphatic rings. The summed E-state index contributed by atoms with van der Waals surface area (Å²) < 4.78 is 0. The van der Waals surface area contributed by atoms with E-state index in [0.29, 0.717) is 11.8 Å². The minimum atomic E-state index is -0.166. The lowest BCUT2D eigenvalue weighted by molar-refractivity contribution is 0.126.